The highest BCUT2D eigenvalue weighted by atomic mass is 16.5. The summed E-state index contributed by atoms with van der Waals surface area (Å²) in [6, 6.07) is 0.349. The van der Waals surface area contributed by atoms with Gasteiger partial charge in [-0.25, -0.2) is 0 Å². The Balaban J connectivity index is 4.84. The molecule has 2 unspecified atom stereocenters. The minimum absolute atomic E-state index is 0.0129. The van der Waals surface area contributed by atoms with E-state index in [1.807, 2.05) is 0 Å². The van der Waals surface area contributed by atoms with E-state index >= 15 is 0 Å². The molecule has 0 fully saturated rings. The first-order valence-corrected chi connectivity index (χ1v) is 25.5. The summed E-state index contributed by atoms with van der Waals surface area (Å²) in [4.78, 5) is 43.3. The normalized spacial score (nSPS) is 13.1. The monoisotopic (exact) mass is 821 g/mol. The molecule has 58 heavy (non-hydrogen) atoms. The molecule has 0 aromatic rings. The van der Waals surface area contributed by atoms with E-state index in [-0.39, 0.29) is 23.8 Å². The molecule has 1 amide bonds. The van der Waals surface area contributed by atoms with Gasteiger partial charge >= 0.3 is 11.9 Å². The van der Waals surface area contributed by atoms with Crippen LogP contribution >= 0.6 is 0 Å². The molecule has 0 N–H and O–H groups in total. The number of esters is 2. The Kier molecular flexibility index (Phi) is 40.9. The van der Waals surface area contributed by atoms with E-state index in [0.29, 0.717) is 31.6 Å². The summed E-state index contributed by atoms with van der Waals surface area (Å²) in [6.07, 6.45) is 38.3. The Morgan fingerprint density at radius 2 is 0.776 bits per heavy atom. The molecule has 0 radical (unpaired) electrons. The van der Waals surface area contributed by atoms with Crippen molar-refractivity contribution in [2.24, 2.45) is 11.8 Å². The number of rotatable bonds is 44. The number of hydrogen-bond acceptors (Lipinski definition) is 6. The fourth-order valence-corrected chi connectivity index (χ4v) is 8.30. The fourth-order valence-electron chi connectivity index (χ4n) is 8.30. The average molecular weight is 821 g/mol. The molecule has 0 saturated heterocycles. The maximum atomic E-state index is 13.8. The molecule has 0 aliphatic heterocycles. The number of nitrogens with zero attached hydrogens (tertiary/aromatic N) is 2. The highest BCUT2D eigenvalue weighted by Crippen LogP contribution is 2.22. The van der Waals surface area contributed by atoms with Crippen LogP contribution in [0.3, 0.4) is 0 Å². The van der Waals surface area contributed by atoms with Crippen LogP contribution < -0.4 is 0 Å². The van der Waals surface area contributed by atoms with Crippen LogP contribution in [0.2, 0.25) is 0 Å². The lowest BCUT2D eigenvalue weighted by Gasteiger charge is -2.33. The summed E-state index contributed by atoms with van der Waals surface area (Å²) in [7, 11) is 4.27. The molecule has 0 aromatic carbocycles. The second-order valence-corrected chi connectivity index (χ2v) is 18.0. The highest BCUT2D eigenvalue weighted by Gasteiger charge is 2.23. The quantitative estimate of drug-likeness (QED) is 0.0450. The summed E-state index contributed by atoms with van der Waals surface area (Å²) in [6.45, 7) is 13.9. The Hall–Kier alpha value is -1.63. The molecular weight excluding hydrogens is 721 g/mol. The van der Waals surface area contributed by atoms with Crippen LogP contribution in [0, 0.1) is 11.8 Å². The summed E-state index contributed by atoms with van der Waals surface area (Å²) in [5.74, 6) is 0.560. The van der Waals surface area contributed by atoms with Crippen molar-refractivity contribution >= 4 is 17.8 Å². The molecule has 0 spiro atoms. The molecule has 0 heterocycles. The van der Waals surface area contributed by atoms with Crippen molar-refractivity contribution in [2.45, 2.75) is 259 Å². The second-order valence-electron chi connectivity index (χ2n) is 18.0. The molecular formula is C51H100N2O5. The van der Waals surface area contributed by atoms with Gasteiger partial charge < -0.3 is 19.3 Å². The van der Waals surface area contributed by atoms with Gasteiger partial charge in [-0.05, 0) is 84.8 Å². The van der Waals surface area contributed by atoms with E-state index in [1.165, 1.54) is 122 Å². The molecule has 0 aliphatic rings. The zero-order valence-electron chi connectivity index (χ0n) is 40.0. The van der Waals surface area contributed by atoms with E-state index in [4.69, 9.17) is 9.47 Å². The number of hydrogen-bond donors (Lipinski definition) is 0. The third-order valence-electron chi connectivity index (χ3n) is 12.3. The van der Waals surface area contributed by atoms with Gasteiger partial charge in [0.2, 0.25) is 5.91 Å². The smallest absolute Gasteiger partial charge is 0.308 e. The van der Waals surface area contributed by atoms with Gasteiger partial charge in [-0.3, -0.25) is 14.4 Å². The van der Waals surface area contributed by atoms with Crippen LogP contribution in [-0.2, 0) is 23.9 Å². The van der Waals surface area contributed by atoms with Crippen molar-refractivity contribution in [3.05, 3.63) is 0 Å². The van der Waals surface area contributed by atoms with Crippen LogP contribution in [0.15, 0.2) is 0 Å². The molecule has 0 rings (SSSR count). The number of carbonyl (C=O) groups is 3. The topological polar surface area (TPSA) is 76.2 Å². The van der Waals surface area contributed by atoms with Gasteiger partial charge in [0, 0.05) is 19.0 Å². The standard InChI is InChI=1S/C51H100N2O5/c1-8-13-16-17-26-33-41-49(54)53(43-36-42-52(6)7)48(39-31-24-20-18-22-27-34-44-57-50(55)46(11-4)37-29-14-9-2)40-32-25-21-19-23-28-35-45-58-51(56)47(12-5)38-30-15-10-3/h46-48H,8-45H2,1-7H3. The number of unbranched alkanes of at least 4 members (excludes halogenated alkanes) is 21. The summed E-state index contributed by atoms with van der Waals surface area (Å²) in [5, 5.41) is 0. The van der Waals surface area contributed by atoms with Crippen molar-refractivity contribution in [3.8, 4) is 0 Å². The lowest BCUT2D eigenvalue weighted by Crippen LogP contribution is -2.41. The van der Waals surface area contributed by atoms with Crippen molar-refractivity contribution in [2.75, 3.05) is 40.4 Å². The van der Waals surface area contributed by atoms with Crippen LogP contribution in [-0.4, -0.2) is 74.1 Å². The Morgan fingerprint density at radius 1 is 0.414 bits per heavy atom. The minimum Gasteiger partial charge on any atom is -0.465 e. The molecule has 7 heteroatoms. The molecule has 7 nitrogen and oxygen atoms in total. The zero-order chi connectivity index (χ0) is 42.9. The maximum Gasteiger partial charge on any atom is 0.308 e. The van der Waals surface area contributed by atoms with Gasteiger partial charge in [-0.15, -0.1) is 0 Å². The van der Waals surface area contributed by atoms with Crippen molar-refractivity contribution in [1.82, 2.24) is 9.80 Å². The second kappa shape index (κ2) is 42.1. The van der Waals surface area contributed by atoms with Crippen molar-refractivity contribution in [3.63, 3.8) is 0 Å². The zero-order valence-corrected chi connectivity index (χ0v) is 40.0. The molecule has 0 bridgehead atoms. The van der Waals surface area contributed by atoms with Gasteiger partial charge in [0.15, 0.2) is 0 Å². The molecule has 344 valence electrons. The van der Waals surface area contributed by atoms with Crippen LogP contribution in [0.1, 0.15) is 253 Å². The first-order valence-electron chi connectivity index (χ1n) is 25.5. The van der Waals surface area contributed by atoms with E-state index in [0.717, 1.165) is 103 Å². The van der Waals surface area contributed by atoms with E-state index < -0.39 is 0 Å². The van der Waals surface area contributed by atoms with E-state index in [1.54, 1.807) is 0 Å². The Morgan fingerprint density at radius 3 is 1.19 bits per heavy atom. The van der Waals surface area contributed by atoms with Gasteiger partial charge in [-0.1, -0.05) is 182 Å². The highest BCUT2D eigenvalue weighted by molar-refractivity contribution is 5.76. The summed E-state index contributed by atoms with van der Waals surface area (Å²) >= 11 is 0. The predicted molar refractivity (Wildman–Crippen MR) is 248 cm³/mol. The van der Waals surface area contributed by atoms with Gasteiger partial charge in [-0.2, -0.15) is 0 Å². The molecule has 0 aromatic heterocycles. The third kappa shape index (κ3) is 33.1. The summed E-state index contributed by atoms with van der Waals surface area (Å²) < 4.78 is 11.3. The first-order chi connectivity index (χ1) is 28.2. The largest absolute Gasteiger partial charge is 0.465 e. The van der Waals surface area contributed by atoms with E-state index in [2.05, 4.69) is 58.5 Å². The third-order valence-corrected chi connectivity index (χ3v) is 12.3. The fraction of sp³-hybridized carbons (Fsp3) is 0.941. The van der Waals surface area contributed by atoms with Gasteiger partial charge in [0.25, 0.3) is 0 Å². The van der Waals surface area contributed by atoms with Crippen molar-refractivity contribution < 1.29 is 23.9 Å². The first kappa shape index (κ1) is 56.4. The minimum atomic E-state index is 0.0129. The maximum absolute atomic E-state index is 13.8. The van der Waals surface area contributed by atoms with Gasteiger partial charge in [0.1, 0.15) is 0 Å². The van der Waals surface area contributed by atoms with Crippen molar-refractivity contribution in [1.29, 1.82) is 0 Å². The molecule has 2 atom stereocenters. The Bertz CT molecular complexity index is 877. The number of ether oxygens (including phenoxy) is 2. The predicted octanol–water partition coefficient (Wildman–Crippen LogP) is 14.4. The van der Waals surface area contributed by atoms with E-state index in [9.17, 15) is 14.4 Å². The molecule has 0 saturated carbocycles. The lowest BCUT2D eigenvalue weighted by molar-refractivity contribution is -0.150. The number of amides is 1. The van der Waals surface area contributed by atoms with Crippen LogP contribution in [0.25, 0.3) is 0 Å². The van der Waals surface area contributed by atoms with Gasteiger partial charge in [0.05, 0.1) is 25.0 Å². The molecule has 0 aliphatic carbocycles. The van der Waals surface area contributed by atoms with Crippen LogP contribution in [0.5, 0.6) is 0 Å². The van der Waals surface area contributed by atoms with Crippen LogP contribution in [0.4, 0.5) is 0 Å². The summed E-state index contributed by atoms with van der Waals surface area (Å²) in [5.41, 5.74) is 0. The number of carbonyl (C=O) groups excluding carboxylic acids is 3. The average Bonchev–Trinajstić information content (AvgIpc) is 3.21. The Labute approximate surface area is 361 Å². The lowest BCUT2D eigenvalue weighted by atomic mass is 9.97. The SMILES string of the molecule is CCCCCCCCC(=O)N(CCCN(C)C)C(CCCCCCCCCOC(=O)C(CC)CCCCC)CCCCCCCCCOC(=O)C(CC)CCCCC.